The monoisotopic (exact) mass is 437 g/mol. The zero-order valence-electron chi connectivity index (χ0n) is 20.1. The summed E-state index contributed by atoms with van der Waals surface area (Å²) in [6, 6.07) is 14.0. The lowest BCUT2D eigenvalue weighted by atomic mass is 9.85. The molecule has 1 saturated carbocycles. The first-order valence-corrected chi connectivity index (χ1v) is 13.1. The first-order valence-electron chi connectivity index (χ1n) is 13.1. The molecule has 0 amide bonds. The van der Waals surface area contributed by atoms with E-state index in [2.05, 4.69) is 37.6 Å². The molecule has 0 heterocycles. The quantitative estimate of drug-likeness (QED) is 0.267. The van der Waals surface area contributed by atoms with Crippen LogP contribution in [0.2, 0.25) is 0 Å². The van der Waals surface area contributed by atoms with Gasteiger partial charge in [-0.05, 0) is 73.3 Å². The van der Waals surface area contributed by atoms with Crippen LogP contribution in [0, 0.1) is 18.2 Å². The molecule has 0 atom stereocenters. The Balaban J connectivity index is 1.39. The molecular weight excluding hydrogens is 395 g/mol. The lowest BCUT2D eigenvalue weighted by Gasteiger charge is -2.21. The molecule has 1 fully saturated rings. The van der Waals surface area contributed by atoms with Crippen LogP contribution >= 0.6 is 0 Å². The molecule has 1 aliphatic carbocycles. The number of halogens is 1. The smallest absolute Gasteiger partial charge is 0.165 e. The molecular formula is C30H42FO. The first kappa shape index (κ1) is 24.8. The fourth-order valence-corrected chi connectivity index (χ4v) is 4.73. The van der Waals surface area contributed by atoms with Gasteiger partial charge >= 0.3 is 0 Å². The Bertz CT molecular complexity index is 761. The average Bonchev–Trinajstić information content (AvgIpc) is 2.83. The lowest BCUT2D eigenvalue weighted by molar-refractivity contribution is 0.290. The molecule has 0 aromatic heterocycles. The number of rotatable bonds is 14. The molecule has 0 aliphatic heterocycles. The van der Waals surface area contributed by atoms with E-state index < -0.39 is 0 Å². The Morgan fingerprint density at radius 2 is 1.47 bits per heavy atom. The average molecular weight is 438 g/mol. The summed E-state index contributed by atoms with van der Waals surface area (Å²) in [4.78, 5) is 0. The summed E-state index contributed by atoms with van der Waals surface area (Å²) >= 11 is 0. The van der Waals surface area contributed by atoms with Gasteiger partial charge in [0.1, 0.15) is 0 Å². The predicted molar refractivity (Wildman–Crippen MR) is 135 cm³/mol. The summed E-state index contributed by atoms with van der Waals surface area (Å²) in [5.74, 6) is 0.991. The molecule has 0 saturated heterocycles. The maximum atomic E-state index is 14.6. The van der Waals surface area contributed by atoms with Crippen molar-refractivity contribution in [2.24, 2.45) is 5.92 Å². The van der Waals surface area contributed by atoms with E-state index in [-0.39, 0.29) is 5.82 Å². The third-order valence-corrected chi connectivity index (χ3v) is 6.87. The van der Waals surface area contributed by atoms with Crippen LogP contribution in [0.3, 0.4) is 0 Å². The van der Waals surface area contributed by atoms with Crippen molar-refractivity contribution >= 4 is 0 Å². The molecule has 175 valence electrons. The van der Waals surface area contributed by atoms with Crippen molar-refractivity contribution in [3.8, 4) is 16.9 Å². The zero-order chi connectivity index (χ0) is 22.4. The van der Waals surface area contributed by atoms with Gasteiger partial charge in [-0.1, -0.05) is 95.0 Å². The van der Waals surface area contributed by atoms with Gasteiger partial charge in [0.05, 0.1) is 6.61 Å². The molecule has 0 spiro atoms. The Morgan fingerprint density at radius 1 is 0.812 bits per heavy atom. The third kappa shape index (κ3) is 8.60. The van der Waals surface area contributed by atoms with Crippen LogP contribution in [0.5, 0.6) is 5.75 Å². The van der Waals surface area contributed by atoms with Crippen LogP contribution in [-0.2, 0) is 6.42 Å². The van der Waals surface area contributed by atoms with E-state index in [1.807, 2.05) is 6.07 Å². The van der Waals surface area contributed by atoms with Crippen LogP contribution in [0.1, 0.15) is 96.0 Å². The van der Waals surface area contributed by atoms with E-state index in [0.29, 0.717) is 12.4 Å². The van der Waals surface area contributed by atoms with Crippen LogP contribution in [0.4, 0.5) is 4.39 Å². The fourth-order valence-electron chi connectivity index (χ4n) is 4.73. The predicted octanol–water partition coefficient (Wildman–Crippen LogP) is 9.34. The second-order valence-electron chi connectivity index (χ2n) is 9.51. The molecule has 0 bridgehead atoms. The van der Waals surface area contributed by atoms with Gasteiger partial charge in [0.15, 0.2) is 11.6 Å². The summed E-state index contributed by atoms with van der Waals surface area (Å²) in [5.41, 5.74) is 3.36. The molecule has 1 nitrogen and oxygen atoms in total. The highest BCUT2D eigenvalue weighted by molar-refractivity contribution is 5.64. The number of ether oxygens (including phenoxy) is 1. The number of benzene rings is 2. The highest BCUT2D eigenvalue weighted by atomic mass is 19.1. The highest BCUT2D eigenvalue weighted by Crippen LogP contribution is 2.29. The first-order chi connectivity index (χ1) is 15.8. The summed E-state index contributed by atoms with van der Waals surface area (Å²) < 4.78 is 20.3. The van der Waals surface area contributed by atoms with Gasteiger partial charge < -0.3 is 4.74 Å². The minimum absolute atomic E-state index is 0.264. The second-order valence-corrected chi connectivity index (χ2v) is 9.51. The number of aryl methyl sites for hydroxylation is 1. The van der Waals surface area contributed by atoms with Gasteiger partial charge in [-0.3, -0.25) is 0 Å². The molecule has 1 aliphatic rings. The van der Waals surface area contributed by atoms with Gasteiger partial charge in [0.25, 0.3) is 0 Å². The van der Waals surface area contributed by atoms with Crippen molar-refractivity contribution in [3.63, 3.8) is 0 Å². The van der Waals surface area contributed by atoms with Crippen molar-refractivity contribution in [1.82, 2.24) is 0 Å². The van der Waals surface area contributed by atoms with Gasteiger partial charge in [-0.2, -0.15) is 0 Å². The standard InChI is InChI=1S/C30H42FO/c1-2-3-4-5-6-7-8-12-23-32-30-22-21-28(24-29(30)31)27-19-17-26(18-20-27)16-15-25-13-10-9-11-14-25/h9,17-22,24-25H,2-8,10-16,23H2,1H3. The van der Waals surface area contributed by atoms with Crippen molar-refractivity contribution in [1.29, 1.82) is 0 Å². The molecule has 1 radical (unpaired) electrons. The van der Waals surface area contributed by atoms with Gasteiger partial charge in [-0.25, -0.2) is 4.39 Å². The molecule has 32 heavy (non-hydrogen) atoms. The second kappa shape index (κ2) is 14.3. The summed E-state index contributed by atoms with van der Waals surface area (Å²) in [6.07, 6.45) is 20.2. The number of hydrogen-bond donors (Lipinski definition) is 0. The topological polar surface area (TPSA) is 9.23 Å². The lowest BCUT2D eigenvalue weighted by Crippen LogP contribution is -2.07. The minimum atomic E-state index is -0.264. The summed E-state index contributed by atoms with van der Waals surface area (Å²) in [6.45, 7) is 2.84. The molecule has 0 N–H and O–H groups in total. The van der Waals surface area contributed by atoms with Gasteiger partial charge in [-0.15, -0.1) is 0 Å². The number of hydrogen-bond acceptors (Lipinski definition) is 1. The summed E-state index contributed by atoms with van der Waals surface area (Å²) in [7, 11) is 0. The fraction of sp³-hybridized carbons (Fsp3) is 0.567. The molecule has 2 aromatic carbocycles. The molecule has 0 unspecified atom stereocenters. The Kier molecular flexibility index (Phi) is 11.1. The van der Waals surface area contributed by atoms with Crippen LogP contribution in [-0.4, -0.2) is 6.61 Å². The van der Waals surface area contributed by atoms with E-state index in [1.165, 1.54) is 76.2 Å². The SMILES string of the molecule is CCCCCCCCCCOc1ccc(-c2ccc(CCC3CC[CH]CC3)cc2)cc1F. The maximum Gasteiger partial charge on any atom is 0.165 e. The molecule has 2 heteroatoms. The Labute approximate surface area is 195 Å². The van der Waals surface area contributed by atoms with Crippen molar-refractivity contribution in [2.45, 2.75) is 96.8 Å². The van der Waals surface area contributed by atoms with Crippen molar-refractivity contribution in [2.75, 3.05) is 6.61 Å². The molecule has 2 aromatic rings. The van der Waals surface area contributed by atoms with Crippen LogP contribution < -0.4 is 4.74 Å². The third-order valence-electron chi connectivity index (χ3n) is 6.87. The van der Waals surface area contributed by atoms with E-state index >= 15 is 0 Å². The van der Waals surface area contributed by atoms with Gasteiger partial charge in [0.2, 0.25) is 0 Å². The normalized spacial score (nSPS) is 14.6. The van der Waals surface area contributed by atoms with E-state index in [0.717, 1.165) is 36.3 Å². The largest absolute Gasteiger partial charge is 0.491 e. The number of unbranched alkanes of at least 4 members (excludes halogenated alkanes) is 7. The van der Waals surface area contributed by atoms with E-state index in [4.69, 9.17) is 4.74 Å². The van der Waals surface area contributed by atoms with Crippen LogP contribution in [0.25, 0.3) is 11.1 Å². The van der Waals surface area contributed by atoms with Crippen molar-refractivity contribution < 1.29 is 9.13 Å². The Hall–Kier alpha value is -1.83. The van der Waals surface area contributed by atoms with Gasteiger partial charge in [0, 0.05) is 0 Å². The van der Waals surface area contributed by atoms with E-state index in [9.17, 15) is 4.39 Å². The maximum absolute atomic E-state index is 14.6. The van der Waals surface area contributed by atoms with Crippen LogP contribution in [0.15, 0.2) is 42.5 Å². The Morgan fingerprint density at radius 3 is 2.16 bits per heavy atom. The minimum Gasteiger partial charge on any atom is -0.491 e. The zero-order valence-corrected chi connectivity index (χ0v) is 20.1. The molecule has 3 rings (SSSR count). The van der Waals surface area contributed by atoms with Crippen molar-refractivity contribution in [3.05, 3.63) is 60.3 Å². The summed E-state index contributed by atoms with van der Waals surface area (Å²) in [5, 5.41) is 0. The highest BCUT2D eigenvalue weighted by Gasteiger charge is 2.13. The van der Waals surface area contributed by atoms with E-state index in [1.54, 1.807) is 12.1 Å².